The highest BCUT2D eigenvalue weighted by Crippen LogP contribution is 2.23. The second kappa shape index (κ2) is 4.40. The van der Waals surface area contributed by atoms with Crippen molar-refractivity contribution in [1.29, 1.82) is 0 Å². The number of hydrogen-bond acceptors (Lipinski definition) is 3. The van der Waals surface area contributed by atoms with Gasteiger partial charge in [-0.15, -0.1) is 0 Å². The largest absolute Gasteiger partial charge is 0.381 e. The van der Waals surface area contributed by atoms with Gasteiger partial charge in [0.15, 0.2) is 0 Å². The molecular formula is C10H19NO2. The van der Waals surface area contributed by atoms with Gasteiger partial charge in [-0.3, -0.25) is 0 Å². The second-order valence-electron chi connectivity index (χ2n) is 4.11. The Morgan fingerprint density at radius 1 is 1.15 bits per heavy atom. The van der Waals surface area contributed by atoms with E-state index in [1.165, 1.54) is 12.8 Å². The van der Waals surface area contributed by atoms with E-state index in [0.29, 0.717) is 12.0 Å². The summed E-state index contributed by atoms with van der Waals surface area (Å²) in [5.41, 5.74) is 6.15. The van der Waals surface area contributed by atoms with Crippen molar-refractivity contribution in [2.75, 3.05) is 19.8 Å². The molecule has 0 bridgehead atoms. The predicted octanol–water partition coefficient (Wildman–Crippen LogP) is 0.919. The van der Waals surface area contributed by atoms with Gasteiger partial charge in [-0.05, 0) is 25.7 Å². The van der Waals surface area contributed by atoms with Crippen LogP contribution in [0.15, 0.2) is 0 Å². The molecule has 13 heavy (non-hydrogen) atoms. The van der Waals surface area contributed by atoms with Crippen LogP contribution in [-0.4, -0.2) is 32.0 Å². The molecule has 0 aliphatic carbocycles. The van der Waals surface area contributed by atoms with Crippen molar-refractivity contribution in [2.45, 2.75) is 37.8 Å². The fourth-order valence-corrected chi connectivity index (χ4v) is 2.23. The van der Waals surface area contributed by atoms with Crippen molar-refractivity contribution in [3.63, 3.8) is 0 Å². The minimum absolute atomic E-state index is 0.197. The normalized spacial score (nSPS) is 37.6. The van der Waals surface area contributed by atoms with Crippen LogP contribution in [-0.2, 0) is 9.47 Å². The highest BCUT2D eigenvalue weighted by atomic mass is 16.5. The molecule has 0 spiro atoms. The van der Waals surface area contributed by atoms with E-state index < -0.39 is 0 Å². The Hall–Kier alpha value is -0.120. The number of nitrogens with two attached hydrogens (primary N) is 1. The lowest BCUT2D eigenvalue weighted by molar-refractivity contribution is -0.0124. The summed E-state index contributed by atoms with van der Waals surface area (Å²) in [5.74, 6) is 0.531. The molecule has 2 N–H and O–H groups in total. The molecule has 0 aromatic heterocycles. The zero-order valence-corrected chi connectivity index (χ0v) is 8.08. The molecule has 0 radical (unpaired) electrons. The fourth-order valence-electron chi connectivity index (χ4n) is 2.23. The fraction of sp³-hybridized carbons (Fsp3) is 1.00. The minimum atomic E-state index is 0.197. The van der Waals surface area contributed by atoms with Gasteiger partial charge in [0.05, 0.1) is 12.7 Å². The SMILES string of the molecule is NC(C1CCOC1)C1CCCCO1. The van der Waals surface area contributed by atoms with Crippen LogP contribution in [0.4, 0.5) is 0 Å². The van der Waals surface area contributed by atoms with E-state index in [-0.39, 0.29) is 6.04 Å². The third-order valence-corrected chi connectivity index (χ3v) is 3.15. The summed E-state index contributed by atoms with van der Waals surface area (Å²) in [6.07, 6.45) is 5.01. The van der Waals surface area contributed by atoms with Crippen LogP contribution in [0, 0.1) is 5.92 Å². The summed E-state index contributed by atoms with van der Waals surface area (Å²) >= 11 is 0. The van der Waals surface area contributed by atoms with Gasteiger partial charge in [-0.2, -0.15) is 0 Å². The van der Waals surface area contributed by atoms with Crippen molar-refractivity contribution < 1.29 is 9.47 Å². The van der Waals surface area contributed by atoms with Crippen molar-refractivity contribution in [3.05, 3.63) is 0 Å². The summed E-state index contributed by atoms with van der Waals surface area (Å²) in [6, 6.07) is 0.197. The molecular weight excluding hydrogens is 166 g/mol. The summed E-state index contributed by atoms with van der Waals surface area (Å²) in [5, 5.41) is 0. The maximum atomic E-state index is 6.15. The Balaban J connectivity index is 1.83. The monoisotopic (exact) mass is 185 g/mol. The van der Waals surface area contributed by atoms with Gasteiger partial charge in [0.1, 0.15) is 0 Å². The predicted molar refractivity (Wildman–Crippen MR) is 50.5 cm³/mol. The van der Waals surface area contributed by atoms with Gasteiger partial charge < -0.3 is 15.2 Å². The zero-order chi connectivity index (χ0) is 9.10. The van der Waals surface area contributed by atoms with Gasteiger partial charge in [0.2, 0.25) is 0 Å². The molecule has 2 aliphatic rings. The topological polar surface area (TPSA) is 44.5 Å². The lowest BCUT2D eigenvalue weighted by Crippen LogP contribution is -2.44. The first-order valence-electron chi connectivity index (χ1n) is 5.33. The zero-order valence-electron chi connectivity index (χ0n) is 8.08. The van der Waals surface area contributed by atoms with E-state index in [1.807, 2.05) is 0 Å². The Morgan fingerprint density at radius 2 is 2.08 bits per heavy atom. The standard InChI is InChI=1S/C10H19NO2/c11-10(8-4-6-12-7-8)9-3-1-2-5-13-9/h8-10H,1-7,11H2. The van der Waals surface area contributed by atoms with Crippen LogP contribution in [0.1, 0.15) is 25.7 Å². The molecule has 2 aliphatic heterocycles. The maximum Gasteiger partial charge on any atom is 0.0729 e. The number of ether oxygens (including phenoxy) is 2. The number of hydrogen-bond donors (Lipinski definition) is 1. The third kappa shape index (κ3) is 2.22. The van der Waals surface area contributed by atoms with Crippen LogP contribution >= 0.6 is 0 Å². The van der Waals surface area contributed by atoms with Crippen molar-refractivity contribution in [1.82, 2.24) is 0 Å². The van der Waals surface area contributed by atoms with E-state index in [1.54, 1.807) is 0 Å². The van der Waals surface area contributed by atoms with Crippen LogP contribution in [0.2, 0.25) is 0 Å². The van der Waals surface area contributed by atoms with Crippen LogP contribution in [0.3, 0.4) is 0 Å². The molecule has 0 amide bonds. The third-order valence-electron chi connectivity index (χ3n) is 3.15. The van der Waals surface area contributed by atoms with Crippen molar-refractivity contribution >= 4 is 0 Å². The Labute approximate surface area is 79.6 Å². The average molecular weight is 185 g/mol. The van der Waals surface area contributed by atoms with Gasteiger partial charge in [0, 0.05) is 25.2 Å². The van der Waals surface area contributed by atoms with E-state index in [0.717, 1.165) is 32.7 Å². The number of rotatable bonds is 2. The maximum absolute atomic E-state index is 6.15. The van der Waals surface area contributed by atoms with E-state index in [4.69, 9.17) is 15.2 Å². The minimum Gasteiger partial charge on any atom is -0.381 e. The Bertz CT molecular complexity index is 151. The first-order valence-corrected chi connectivity index (χ1v) is 5.33. The molecule has 2 saturated heterocycles. The lowest BCUT2D eigenvalue weighted by atomic mass is 9.91. The molecule has 0 saturated carbocycles. The van der Waals surface area contributed by atoms with E-state index >= 15 is 0 Å². The van der Waals surface area contributed by atoms with Gasteiger partial charge in [0.25, 0.3) is 0 Å². The first kappa shape index (κ1) is 9.44. The second-order valence-corrected chi connectivity index (χ2v) is 4.11. The van der Waals surface area contributed by atoms with Crippen LogP contribution in [0.25, 0.3) is 0 Å². The summed E-state index contributed by atoms with van der Waals surface area (Å²) < 4.78 is 11.0. The molecule has 3 nitrogen and oxygen atoms in total. The van der Waals surface area contributed by atoms with Crippen LogP contribution in [0.5, 0.6) is 0 Å². The van der Waals surface area contributed by atoms with Crippen molar-refractivity contribution in [3.8, 4) is 0 Å². The quantitative estimate of drug-likeness (QED) is 0.695. The highest BCUT2D eigenvalue weighted by Gasteiger charge is 2.30. The van der Waals surface area contributed by atoms with Gasteiger partial charge in [-0.1, -0.05) is 0 Å². The highest BCUT2D eigenvalue weighted by molar-refractivity contribution is 4.84. The molecule has 2 fully saturated rings. The molecule has 0 aromatic carbocycles. The lowest BCUT2D eigenvalue weighted by Gasteiger charge is -2.30. The summed E-state index contributed by atoms with van der Waals surface area (Å²) in [7, 11) is 0. The van der Waals surface area contributed by atoms with Crippen LogP contribution < -0.4 is 5.73 Å². The average Bonchev–Trinajstić information content (AvgIpc) is 2.71. The molecule has 0 aromatic rings. The van der Waals surface area contributed by atoms with E-state index in [9.17, 15) is 0 Å². The smallest absolute Gasteiger partial charge is 0.0729 e. The molecule has 3 unspecified atom stereocenters. The van der Waals surface area contributed by atoms with Crippen molar-refractivity contribution in [2.24, 2.45) is 11.7 Å². The Morgan fingerprint density at radius 3 is 2.69 bits per heavy atom. The molecule has 3 heteroatoms. The molecule has 76 valence electrons. The van der Waals surface area contributed by atoms with Gasteiger partial charge in [-0.25, -0.2) is 0 Å². The Kier molecular flexibility index (Phi) is 3.19. The summed E-state index contributed by atoms with van der Waals surface area (Å²) in [4.78, 5) is 0. The van der Waals surface area contributed by atoms with E-state index in [2.05, 4.69) is 0 Å². The molecule has 2 heterocycles. The first-order chi connectivity index (χ1) is 6.38. The molecule has 2 rings (SSSR count). The molecule has 3 atom stereocenters. The van der Waals surface area contributed by atoms with Gasteiger partial charge >= 0.3 is 0 Å². The summed E-state index contributed by atoms with van der Waals surface area (Å²) in [6.45, 7) is 2.61.